The zero-order valence-electron chi connectivity index (χ0n) is 14.7. The summed E-state index contributed by atoms with van der Waals surface area (Å²) in [6, 6.07) is 3.70. The van der Waals surface area contributed by atoms with Gasteiger partial charge in [-0.25, -0.2) is 0 Å². The Morgan fingerprint density at radius 1 is 1.21 bits per heavy atom. The van der Waals surface area contributed by atoms with E-state index in [1.165, 1.54) is 38.4 Å². The van der Waals surface area contributed by atoms with E-state index in [0.29, 0.717) is 6.42 Å². The summed E-state index contributed by atoms with van der Waals surface area (Å²) in [7, 11) is 0. The van der Waals surface area contributed by atoms with Crippen molar-refractivity contribution < 1.29 is 4.79 Å². The van der Waals surface area contributed by atoms with E-state index in [-0.39, 0.29) is 13.3 Å². The Morgan fingerprint density at radius 3 is 2.17 bits per heavy atom. The molecule has 1 unspecified atom stereocenters. The van der Waals surface area contributed by atoms with Gasteiger partial charge in [0.1, 0.15) is 6.29 Å². The molecule has 0 aromatic carbocycles. The number of nitriles is 2. The van der Waals surface area contributed by atoms with Crippen molar-refractivity contribution in [2.24, 2.45) is 5.92 Å². The molecule has 1 atom stereocenters. The largest absolute Gasteiger partial charge is 0.378 e. The fourth-order valence-electron chi connectivity index (χ4n) is 1.94. The minimum atomic E-state index is 0. The van der Waals surface area contributed by atoms with Gasteiger partial charge in [-0.15, -0.1) is 0 Å². The van der Waals surface area contributed by atoms with Crippen LogP contribution in [0.5, 0.6) is 0 Å². The molecule has 0 aliphatic carbocycles. The summed E-state index contributed by atoms with van der Waals surface area (Å²) in [5.74, 6) is 0.102. The molecule has 0 N–H and O–H groups in total. The highest BCUT2D eigenvalue weighted by Crippen LogP contribution is 2.08. The van der Waals surface area contributed by atoms with Crippen LogP contribution in [0.3, 0.4) is 0 Å². The first-order valence-corrected chi connectivity index (χ1v) is 8.43. The number of hydrogen-bond donors (Lipinski definition) is 0. The molecule has 4 heteroatoms. The maximum absolute atomic E-state index is 10.1. The van der Waals surface area contributed by atoms with Gasteiger partial charge >= 0.3 is 0 Å². The minimum Gasteiger partial charge on any atom is -0.378 e. The summed E-state index contributed by atoms with van der Waals surface area (Å²) in [5, 5.41) is 15.6. The fraction of sp³-hybridized carbons (Fsp3) is 0.650. The van der Waals surface area contributed by atoms with Gasteiger partial charge < -0.3 is 9.69 Å². The Bertz CT molecular complexity index is 385. The molecule has 1 aliphatic heterocycles. The van der Waals surface area contributed by atoms with E-state index in [1.807, 2.05) is 13.0 Å². The number of carbonyl (C=O) groups is 1. The number of piperidine rings is 1. The molecule has 24 heavy (non-hydrogen) atoms. The Kier molecular flexibility index (Phi) is 25.9. The number of likely N-dealkylation sites (tertiary alicyclic amines) is 1. The molecule has 0 saturated carbocycles. The van der Waals surface area contributed by atoms with E-state index in [9.17, 15) is 4.79 Å². The molecular formula is C20H35N3O. The Labute approximate surface area is 149 Å². The second-order valence-corrected chi connectivity index (χ2v) is 5.22. The van der Waals surface area contributed by atoms with Gasteiger partial charge in [0.05, 0.1) is 12.1 Å². The predicted molar refractivity (Wildman–Crippen MR) is 102 cm³/mol. The highest BCUT2D eigenvalue weighted by atomic mass is 16.1. The third kappa shape index (κ3) is 19.9. The topological polar surface area (TPSA) is 67.9 Å². The fourth-order valence-corrected chi connectivity index (χ4v) is 1.94. The number of hydrogen-bond acceptors (Lipinski definition) is 4. The maximum atomic E-state index is 10.1. The molecule has 1 rings (SSSR count). The van der Waals surface area contributed by atoms with Gasteiger partial charge in [0.15, 0.2) is 0 Å². The summed E-state index contributed by atoms with van der Waals surface area (Å²) >= 11 is 0. The van der Waals surface area contributed by atoms with E-state index < -0.39 is 0 Å². The average Bonchev–Trinajstić information content (AvgIpc) is 2.62. The minimum absolute atomic E-state index is 0. The molecule has 0 radical (unpaired) electrons. The van der Waals surface area contributed by atoms with E-state index >= 15 is 0 Å². The van der Waals surface area contributed by atoms with Gasteiger partial charge in [-0.1, -0.05) is 33.9 Å². The lowest BCUT2D eigenvalue weighted by Gasteiger charge is -2.24. The monoisotopic (exact) mass is 333 g/mol. The third-order valence-corrected chi connectivity index (χ3v) is 3.38. The molecule has 0 aromatic rings. The van der Waals surface area contributed by atoms with Gasteiger partial charge in [0.25, 0.3) is 0 Å². The van der Waals surface area contributed by atoms with Crippen LogP contribution < -0.4 is 0 Å². The molecule has 1 aliphatic rings. The number of rotatable bonds is 6. The van der Waals surface area contributed by atoms with Crippen molar-refractivity contribution in [3.63, 3.8) is 0 Å². The van der Waals surface area contributed by atoms with Gasteiger partial charge in [0, 0.05) is 31.5 Å². The molecule has 136 valence electrons. The van der Waals surface area contributed by atoms with Crippen LogP contribution in [-0.4, -0.2) is 24.3 Å². The lowest BCUT2D eigenvalue weighted by Crippen LogP contribution is -2.23. The van der Waals surface area contributed by atoms with E-state index in [4.69, 9.17) is 10.5 Å². The van der Waals surface area contributed by atoms with E-state index in [1.54, 1.807) is 6.07 Å². The molecule has 1 fully saturated rings. The number of allylic oxidation sites excluding steroid dienone is 2. The predicted octanol–water partition coefficient (Wildman–Crippen LogP) is 5.24. The molecule has 0 spiro atoms. The second kappa shape index (κ2) is 23.2. The summed E-state index contributed by atoms with van der Waals surface area (Å²) in [5.41, 5.74) is 0. The van der Waals surface area contributed by atoms with Crippen LogP contribution in [0.4, 0.5) is 0 Å². The highest BCUT2D eigenvalue weighted by Gasteiger charge is 2.04. The van der Waals surface area contributed by atoms with Gasteiger partial charge in [0.2, 0.25) is 0 Å². The SMILES string of the molecule is C.C=CC#N.CC/C=C/N1CCCCC1.CCC(C=O)CCC#N. The van der Waals surface area contributed by atoms with E-state index in [0.717, 1.165) is 25.5 Å². The molecule has 0 bridgehead atoms. The molecule has 4 nitrogen and oxygen atoms in total. The first-order valence-electron chi connectivity index (χ1n) is 8.43. The van der Waals surface area contributed by atoms with Crippen molar-refractivity contribution in [2.75, 3.05) is 13.1 Å². The average molecular weight is 334 g/mol. The quantitative estimate of drug-likeness (QED) is 0.492. The van der Waals surface area contributed by atoms with Crippen molar-refractivity contribution in [3.05, 3.63) is 24.9 Å². The van der Waals surface area contributed by atoms with Gasteiger partial charge in [-0.3, -0.25) is 0 Å². The van der Waals surface area contributed by atoms with Crippen molar-refractivity contribution in [3.8, 4) is 12.1 Å². The molecule has 1 saturated heterocycles. The van der Waals surface area contributed by atoms with Crippen molar-refractivity contribution in [2.45, 2.75) is 66.2 Å². The smallest absolute Gasteiger partial charge is 0.123 e. The summed E-state index contributed by atoms with van der Waals surface area (Å²) in [6.45, 7) is 9.80. The Hall–Kier alpha value is -2.07. The van der Waals surface area contributed by atoms with Crippen molar-refractivity contribution >= 4 is 6.29 Å². The van der Waals surface area contributed by atoms with Gasteiger partial charge in [-0.2, -0.15) is 10.5 Å². The van der Waals surface area contributed by atoms with Crippen LogP contribution in [0.15, 0.2) is 24.9 Å². The zero-order valence-corrected chi connectivity index (χ0v) is 14.7. The number of nitrogens with zero attached hydrogens (tertiary/aromatic N) is 3. The van der Waals surface area contributed by atoms with Crippen LogP contribution >= 0.6 is 0 Å². The lowest BCUT2D eigenvalue weighted by atomic mass is 10.0. The first-order chi connectivity index (χ1) is 11.2. The number of aldehydes is 1. The number of carbonyl (C=O) groups excluding carboxylic acids is 1. The standard InChI is InChI=1S/C9H17N.C7H11NO.C3H3N.CH4/c1-2-3-7-10-8-5-4-6-9-10;1-2-7(6-9)4-3-5-8;1-2-3-4;/h3,7H,2,4-6,8-9H2,1H3;6-7H,2-4H2,1H3;2H,1H2;1H4/b7-3+;;;. The molecule has 1 heterocycles. The van der Waals surface area contributed by atoms with Crippen LogP contribution in [-0.2, 0) is 4.79 Å². The highest BCUT2D eigenvalue weighted by molar-refractivity contribution is 5.53. The molecule has 0 aromatic heterocycles. The van der Waals surface area contributed by atoms with Crippen molar-refractivity contribution in [1.82, 2.24) is 4.90 Å². The van der Waals surface area contributed by atoms with Crippen LogP contribution in [0.25, 0.3) is 0 Å². The van der Waals surface area contributed by atoms with Crippen molar-refractivity contribution in [1.29, 1.82) is 10.5 Å². The van der Waals surface area contributed by atoms with E-state index in [2.05, 4.69) is 30.7 Å². The second-order valence-electron chi connectivity index (χ2n) is 5.22. The zero-order chi connectivity index (χ0) is 17.8. The van der Waals surface area contributed by atoms with Crippen LogP contribution in [0.2, 0.25) is 0 Å². The summed E-state index contributed by atoms with van der Waals surface area (Å²) < 4.78 is 0. The summed E-state index contributed by atoms with van der Waals surface area (Å²) in [4.78, 5) is 12.6. The van der Waals surface area contributed by atoms with Crippen LogP contribution in [0, 0.1) is 28.6 Å². The first kappa shape index (κ1) is 26.8. The maximum Gasteiger partial charge on any atom is 0.123 e. The lowest BCUT2D eigenvalue weighted by molar-refractivity contribution is -0.111. The van der Waals surface area contributed by atoms with Crippen LogP contribution in [0.1, 0.15) is 66.2 Å². The normalized spacial score (nSPS) is 13.6. The molecular weight excluding hydrogens is 298 g/mol. The third-order valence-electron chi connectivity index (χ3n) is 3.38. The Morgan fingerprint density at radius 2 is 1.79 bits per heavy atom. The molecule has 0 amide bonds. The Balaban J connectivity index is -0.000000293. The summed E-state index contributed by atoms with van der Waals surface area (Å²) in [6.07, 6.45) is 14.0. The van der Waals surface area contributed by atoms with Gasteiger partial charge in [-0.05, 0) is 44.7 Å².